The lowest BCUT2D eigenvalue weighted by Gasteiger charge is -2.44. The summed E-state index contributed by atoms with van der Waals surface area (Å²) in [5, 5.41) is 3.45. The molecular formula is C17H32N2O2. The molecule has 1 atom stereocenters. The highest BCUT2D eigenvalue weighted by molar-refractivity contribution is 5.68. The zero-order valence-electron chi connectivity index (χ0n) is 14.4. The molecule has 1 heterocycles. The van der Waals surface area contributed by atoms with Gasteiger partial charge < -0.3 is 15.0 Å². The lowest BCUT2D eigenvalue weighted by atomic mass is 9.70. The number of ether oxygens (including phenoxy) is 1. The fourth-order valence-electron chi connectivity index (χ4n) is 3.50. The lowest BCUT2D eigenvalue weighted by molar-refractivity contribution is -0.00185. The second-order valence-corrected chi connectivity index (χ2v) is 8.45. The van der Waals surface area contributed by atoms with Crippen LogP contribution in [-0.2, 0) is 4.74 Å². The van der Waals surface area contributed by atoms with Gasteiger partial charge >= 0.3 is 6.09 Å². The molecule has 0 aromatic carbocycles. The van der Waals surface area contributed by atoms with E-state index in [-0.39, 0.29) is 6.09 Å². The first kappa shape index (κ1) is 16.6. The van der Waals surface area contributed by atoms with Crippen LogP contribution in [0.2, 0.25) is 0 Å². The van der Waals surface area contributed by atoms with Crippen LogP contribution in [0.15, 0.2) is 0 Å². The molecule has 122 valence electrons. The fourth-order valence-corrected chi connectivity index (χ4v) is 3.50. The number of carbonyl (C=O) groups excluding carboxylic acids is 1. The number of nitrogens with one attached hydrogen (secondary N) is 1. The van der Waals surface area contributed by atoms with E-state index < -0.39 is 5.60 Å². The Balaban J connectivity index is 2.00. The number of hydrogen-bond acceptors (Lipinski definition) is 3. The fraction of sp³-hybridized carbons (Fsp3) is 0.941. The van der Waals surface area contributed by atoms with Crippen LogP contribution in [-0.4, -0.2) is 42.3 Å². The molecule has 2 aliphatic rings. The highest BCUT2D eigenvalue weighted by atomic mass is 16.6. The Morgan fingerprint density at radius 1 is 1.24 bits per heavy atom. The molecule has 4 nitrogen and oxygen atoms in total. The van der Waals surface area contributed by atoms with E-state index in [0.29, 0.717) is 17.4 Å². The van der Waals surface area contributed by atoms with E-state index in [2.05, 4.69) is 19.2 Å². The van der Waals surface area contributed by atoms with Crippen molar-refractivity contribution in [3.05, 3.63) is 0 Å². The summed E-state index contributed by atoms with van der Waals surface area (Å²) in [7, 11) is 0. The summed E-state index contributed by atoms with van der Waals surface area (Å²) >= 11 is 0. The predicted octanol–water partition coefficient (Wildman–Crippen LogP) is 3.41. The second-order valence-electron chi connectivity index (χ2n) is 8.45. The first-order chi connectivity index (χ1) is 9.68. The van der Waals surface area contributed by atoms with Gasteiger partial charge in [0.15, 0.2) is 0 Å². The third kappa shape index (κ3) is 4.60. The maximum absolute atomic E-state index is 12.5. The molecule has 1 N–H and O–H groups in total. The minimum absolute atomic E-state index is 0.140. The van der Waals surface area contributed by atoms with E-state index in [1.54, 1.807) is 0 Å². The third-order valence-electron chi connectivity index (χ3n) is 4.84. The summed E-state index contributed by atoms with van der Waals surface area (Å²) in [6.07, 6.45) is 4.82. The van der Waals surface area contributed by atoms with Crippen LogP contribution >= 0.6 is 0 Å². The topological polar surface area (TPSA) is 41.6 Å². The Bertz CT molecular complexity index is 363. The normalized spacial score (nSPS) is 27.5. The number of nitrogens with zero attached hydrogens (tertiary/aromatic N) is 1. The molecule has 21 heavy (non-hydrogen) atoms. The van der Waals surface area contributed by atoms with Crippen LogP contribution in [0.25, 0.3) is 0 Å². The molecule has 2 fully saturated rings. The Labute approximate surface area is 129 Å². The third-order valence-corrected chi connectivity index (χ3v) is 4.84. The Hall–Kier alpha value is -0.770. The molecule has 1 saturated heterocycles. The second kappa shape index (κ2) is 6.15. The van der Waals surface area contributed by atoms with Gasteiger partial charge in [0, 0.05) is 19.6 Å². The molecule has 0 spiro atoms. The maximum Gasteiger partial charge on any atom is 0.410 e. The number of carbonyl (C=O) groups is 1. The zero-order chi connectivity index (χ0) is 15.7. The summed E-state index contributed by atoms with van der Waals surface area (Å²) in [5.74, 6) is 0.610. The average Bonchev–Trinajstić information content (AvgIpc) is 2.37. The van der Waals surface area contributed by atoms with Gasteiger partial charge in [0.05, 0.1) is 6.04 Å². The predicted molar refractivity (Wildman–Crippen MR) is 85.3 cm³/mol. The van der Waals surface area contributed by atoms with Crippen molar-refractivity contribution in [2.45, 2.75) is 71.9 Å². The van der Waals surface area contributed by atoms with Crippen molar-refractivity contribution >= 4 is 6.09 Å². The molecule has 1 aliphatic heterocycles. The van der Waals surface area contributed by atoms with Crippen molar-refractivity contribution in [3.8, 4) is 0 Å². The van der Waals surface area contributed by atoms with Gasteiger partial charge in [-0.2, -0.15) is 0 Å². The first-order valence-electron chi connectivity index (χ1n) is 8.38. The largest absolute Gasteiger partial charge is 0.444 e. The van der Waals surface area contributed by atoms with E-state index in [4.69, 9.17) is 4.74 Å². The number of hydrogen-bond donors (Lipinski definition) is 1. The Morgan fingerprint density at radius 3 is 2.43 bits per heavy atom. The quantitative estimate of drug-likeness (QED) is 0.806. The van der Waals surface area contributed by atoms with Crippen molar-refractivity contribution in [3.63, 3.8) is 0 Å². The van der Waals surface area contributed by atoms with E-state index in [1.807, 2.05) is 25.7 Å². The molecule has 0 bridgehead atoms. The van der Waals surface area contributed by atoms with E-state index in [0.717, 1.165) is 19.6 Å². The molecule has 2 rings (SSSR count). The molecule has 0 aromatic heterocycles. The van der Waals surface area contributed by atoms with Gasteiger partial charge in [-0.1, -0.05) is 13.8 Å². The SMILES string of the molecule is CC1(C)CCC(C2CNCCN2C(=O)OC(C)(C)C)CC1. The molecule has 0 aromatic rings. The summed E-state index contributed by atoms with van der Waals surface area (Å²) in [6, 6.07) is 0.296. The molecule has 1 aliphatic carbocycles. The van der Waals surface area contributed by atoms with Crippen LogP contribution in [0.4, 0.5) is 4.79 Å². The smallest absolute Gasteiger partial charge is 0.410 e. The van der Waals surface area contributed by atoms with Gasteiger partial charge in [0.1, 0.15) is 5.60 Å². The van der Waals surface area contributed by atoms with Crippen molar-refractivity contribution in [2.24, 2.45) is 11.3 Å². The summed E-state index contributed by atoms with van der Waals surface area (Å²) in [5.41, 5.74) is 0.0520. The number of rotatable bonds is 1. The standard InChI is InChI=1S/C17H32N2O2/c1-16(2,3)21-15(20)19-11-10-18-12-14(19)13-6-8-17(4,5)9-7-13/h13-14,18H,6-12H2,1-5H3. The first-order valence-corrected chi connectivity index (χ1v) is 8.38. The van der Waals surface area contributed by atoms with Gasteiger partial charge in [0.25, 0.3) is 0 Å². The summed E-state index contributed by atoms with van der Waals surface area (Å²) in [6.45, 7) is 13.1. The number of piperazine rings is 1. The van der Waals surface area contributed by atoms with Crippen LogP contribution in [0.3, 0.4) is 0 Å². The average molecular weight is 296 g/mol. The molecule has 1 unspecified atom stereocenters. The van der Waals surface area contributed by atoms with Crippen LogP contribution in [0.1, 0.15) is 60.3 Å². The Kier molecular flexibility index (Phi) is 4.86. The molecule has 4 heteroatoms. The highest BCUT2D eigenvalue weighted by Gasteiger charge is 2.38. The molecular weight excluding hydrogens is 264 g/mol. The van der Waals surface area contributed by atoms with Gasteiger partial charge in [-0.25, -0.2) is 4.79 Å². The Morgan fingerprint density at radius 2 is 1.86 bits per heavy atom. The van der Waals surface area contributed by atoms with Gasteiger partial charge in [-0.3, -0.25) is 0 Å². The zero-order valence-corrected chi connectivity index (χ0v) is 14.4. The number of amides is 1. The minimum atomic E-state index is -0.416. The van der Waals surface area contributed by atoms with Crippen LogP contribution in [0.5, 0.6) is 0 Å². The summed E-state index contributed by atoms with van der Waals surface area (Å²) in [4.78, 5) is 14.4. The molecule has 1 saturated carbocycles. The van der Waals surface area contributed by atoms with Gasteiger partial charge in [-0.15, -0.1) is 0 Å². The van der Waals surface area contributed by atoms with Gasteiger partial charge in [-0.05, 0) is 57.8 Å². The van der Waals surface area contributed by atoms with Crippen molar-refractivity contribution in [1.29, 1.82) is 0 Å². The highest BCUT2D eigenvalue weighted by Crippen LogP contribution is 2.40. The molecule has 1 amide bonds. The van der Waals surface area contributed by atoms with Crippen LogP contribution in [0, 0.1) is 11.3 Å². The monoisotopic (exact) mass is 296 g/mol. The van der Waals surface area contributed by atoms with Crippen molar-refractivity contribution in [1.82, 2.24) is 10.2 Å². The van der Waals surface area contributed by atoms with Crippen LogP contribution < -0.4 is 5.32 Å². The summed E-state index contributed by atoms with van der Waals surface area (Å²) < 4.78 is 5.60. The molecule has 0 radical (unpaired) electrons. The van der Waals surface area contributed by atoms with E-state index >= 15 is 0 Å². The van der Waals surface area contributed by atoms with Gasteiger partial charge in [0.2, 0.25) is 0 Å². The maximum atomic E-state index is 12.5. The van der Waals surface area contributed by atoms with E-state index in [1.165, 1.54) is 25.7 Å². The van der Waals surface area contributed by atoms with Crippen molar-refractivity contribution in [2.75, 3.05) is 19.6 Å². The lowest BCUT2D eigenvalue weighted by Crippen LogP contribution is -2.58. The van der Waals surface area contributed by atoms with E-state index in [9.17, 15) is 4.79 Å². The van der Waals surface area contributed by atoms with Crippen molar-refractivity contribution < 1.29 is 9.53 Å². The minimum Gasteiger partial charge on any atom is -0.444 e.